The molecule has 1 aromatic carbocycles. The number of rotatable bonds is 5. The first kappa shape index (κ1) is 15.9. The zero-order valence-corrected chi connectivity index (χ0v) is 12.7. The molecule has 0 radical (unpaired) electrons. The Morgan fingerprint density at radius 1 is 1.32 bits per heavy atom. The molecule has 0 spiro atoms. The lowest BCUT2D eigenvalue weighted by molar-refractivity contribution is 0.0773. The molecule has 5 nitrogen and oxygen atoms in total. The Labute approximate surface area is 118 Å². The minimum Gasteiger partial charge on any atom is -0.339 e. The number of benzene rings is 1. The summed E-state index contributed by atoms with van der Waals surface area (Å²) >= 11 is 5.87. The Morgan fingerprint density at radius 2 is 1.89 bits per heavy atom. The van der Waals surface area contributed by atoms with Gasteiger partial charge in [0.05, 0.1) is 5.02 Å². The normalized spacial score (nSPS) is 11.4. The van der Waals surface area contributed by atoms with Gasteiger partial charge in [0.25, 0.3) is 5.91 Å². The summed E-state index contributed by atoms with van der Waals surface area (Å²) in [6, 6.07) is 4.25. The lowest BCUT2D eigenvalue weighted by Gasteiger charge is -2.19. The molecule has 19 heavy (non-hydrogen) atoms. The summed E-state index contributed by atoms with van der Waals surface area (Å²) in [4.78, 5) is 13.7. The number of sulfonamides is 1. The second kappa shape index (κ2) is 6.36. The first-order chi connectivity index (χ1) is 8.87. The topological polar surface area (TPSA) is 66.5 Å². The van der Waals surface area contributed by atoms with E-state index < -0.39 is 10.0 Å². The molecule has 0 aliphatic carbocycles. The maximum atomic E-state index is 12.2. The monoisotopic (exact) mass is 304 g/mol. The fourth-order valence-electron chi connectivity index (χ4n) is 1.65. The summed E-state index contributed by atoms with van der Waals surface area (Å²) in [6.45, 7) is 4.85. The summed E-state index contributed by atoms with van der Waals surface area (Å²) in [7, 11) is -2.38. The number of carbonyl (C=O) groups is 1. The number of hydrogen-bond acceptors (Lipinski definition) is 3. The highest BCUT2D eigenvalue weighted by atomic mass is 35.5. The van der Waals surface area contributed by atoms with Crippen molar-refractivity contribution < 1.29 is 13.2 Å². The molecule has 106 valence electrons. The highest BCUT2D eigenvalue weighted by Gasteiger charge is 2.20. The van der Waals surface area contributed by atoms with Crippen molar-refractivity contribution in [3.05, 3.63) is 28.8 Å². The molecule has 1 amide bonds. The number of halogens is 1. The second-order valence-electron chi connectivity index (χ2n) is 3.83. The quantitative estimate of drug-likeness (QED) is 0.901. The van der Waals surface area contributed by atoms with E-state index in [2.05, 4.69) is 4.72 Å². The van der Waals surface area contributed by atoms with Crippen LogP contribution in [0.25, 0.3) is 0 Å². The third-order valence-corrected chi connectivity index (χ3v) is 4.68. The van der Waals surface area contributed by atoms with Crippen molar-refractivity contribution >= 4 is 27.5 Å². The second-order valence-corrected chi connectivity index (χ2v) is 6.09. The summed E-state index contributed by atoms with van der Waals surface area (Å²) < 4.78 is 25.8. The third kappa shape index (κ3) is 3.46. The van der Waals surface area contributed by atoms with E-state index in [4.69, 9.17) is 11.6 Å². The fourth-order valence-corrected chi connectivity index (χ4v) is 2.89. The van der Waals surface area contributed by atoms with Gasteiger partial charge in [0.15, 0.2) is 0 Å². The van der Waals surface area contributed by atoms with Gasteiger partial charge in [-0.1, -0.05) is 11.6 Å². The molecule has 0 saturated heterocycles. The van der Waals surface area contributed by atoms with Crippen LogP contribution in [0.15, 0.2) is 23.1 Å². The standard InChI is InChI=1S/C12H17ClN2O3S/c1-4-15(5-2)12(16)9-6-7-10(13)11(8-9)19(17,18)14-3/h6-8,14H,4-5H2,1-3H3. The summed E-state index contributed by atoms with van der Waals surface area (Å²) in [5.74, 6) is -0.214. The predicted molar refractivity (Wildman–Crippen MR) is 74.9 cm³/mol. The van der Waals surface area contributed by atoms with Crippen LogP contribution in [-0.4, -0.2) is 39.4 Å². The molecule has 0 fully saturated rings. The maximum Gasteiger partial charge on any atom is 0.253 e. The minimum absolute atomic E-state index is 0.0883. The number of amides is 1. The lowest BCUT2D eigenvalue weighted by atomic mass is 10.2. The van der Waals surface area contributed by atoms with Gasteiger partial charge >= 0.3 is 0 Å². The SMILES string of the molecule is CCN(CC)C(=O)c1ccc(Cl)c(S(=O)(=O)NC)c1. The lowest BCUT2D eigenvalue weighted by Crippen LogP contribution is -2.30. The van der Waals surface area contributed by atoms with Gasteiger partial charge in [0, 0.05) is 18.7 Å². The van der Waals surface area contributed by atoms with Crippen LogP contribution >= 0.6 is 11.6 Å². The van der Waals surface area contributed by atoms with Crippen LogP contribution < -0.4 is 4.72 Å². The molecular formula is C12H17ClN2O3S. The zero-order chi connectivity index (χ0) is 14.6. The van der Waals surface area contributed by atoms with E-state index >= 15 is 0 Å². The van der Waals surface area contributed by atoms with E-state index in [0.717, 1.165) is 0 Å². The number of hydrogen-bond donors (Lipinski definition) is 1. The van der Waals surface area contributed by atoms with Crippen LogP contribution in [-0.2, 0) is 10.0 Å². The molecule has 0 heterocycles. The van der Waals surface area contributed by atoms with Gasteiger partial charge in [-0.3, -0.25) is 4.79 Å². The fraction of sp³-hybridized carbons (Fsp3) is 0.417. The van der Waals surface area contributed by atoms with Gasteiger partial charge in [-0.2, -0.15) is 0 Å². The van der Waals surface area contributed by atoms with E-state index in [1.807, 2.05) is 13.8 Å². The molecule has 0 aliphatic heterocycles. The molecule has 1 rings (SSSR count). The average Bonchev–Trinajstić information content (AvgIpc) is 2.40. The van der Waals surface area contributed by atoms with Gasteiger partial charge in [-0.05, 0) is 39.1 Å². The van der Waals surface area contributed by atoms with Gasteiger partial charge in [0.1, 0.15) is 4.90 Å². The first-order valence-electron chi connectivity index (χ1n) is 5.89. The summed E-state index contributed by atoms with van der Waals surface area (Å²) in [6.07, 6.45) is 0. The van der Waals surface area contributed by atoms with Crippen LogP contribution in [0.2, 0.25) is 5.02 Å². The molecule has 0 aliphatic rings. The third-order valence-electron chi connectivity index (χ3n) is 2.79. The van der Waals surface area contributed by atoms with Gasteiger partial charge in [-0.15, -0.1) is 0 Å². The molecular weight excluding hydrogens is 288 g/mol. The Hall–Kier alpha value is -1.11. The number of nitrogens with one attached hydrogen (secondary N) is 1. The highest BCUT2D eigenvalue weighted by Crippen LogP contribution is 2.23. The molecule has 0 aromatic heterocycles. The van der Waals surface area contributed by atoms with Crippen molar-refractivity contribution in [1.29, 1.82) is 0 Å². The van der Waals surface area contributed by atoms with Crippen molar-refractivity contribution in [3.8, 4) is 0 Å². The van der Waals surface area contributed by atoms with E-state index in [0.29, 0.717) is 18.7 Å². The van der Waals surface area contributed by atoms with E-state index in [1.165, 1.54) is 25.2 Å². The average molecular weight is 305 g/mol. The molecule has 7 heteroatoms. The smallest absolute Gasteiger partial charge is 0.253 e. The van der Waals surface area contributed by atoms with E-state index in [1.54, 1.807) is 4.90 Å². The molecule has 0 unspecified atom stereocenters. The molecule has 0 saturated carbocycles. The van der Waals surface area contributed by atoms with Crippen LogP contribution in [0.3, 0.4) is 0 Å². The van der Waals surface area contributed by atoms with E-state index in [-0.39, 0.29) is 15.8 Å². The number of nitrogens with zero attached hydrogens (tertiary/aromatic N) is 1. The van der Waals surface area contributed by atoms with Crippen LogP contribution in [0, 0.1) is 0 Å². The predicted octanol–water partition coefficient (Wildman–Crippen LogP) is 1.73. The van der Waals surface area contributed by atoms with Crippen LogP contribution in [0.5, 0.6) is 0 Å². The van der Waals surface area contributed by atoms with Crippen molar-refractivity contribution in [1.82, 2.24) is 9.62 Å². The Balaban J connectivity index is 3.27. The van der Waals surface area contributed by atoms with Gasteiger partial charge < -0.3 is 4.90 Å². The Morgan fingerprint density at radius 3 is 2.37 bits per heavy atom. The summed E-state index contributed by atoms with van der Waals surface area (Å²) in [5.41, 5.74) is 0.307. The molecule has 0 bridgehead atoms. The van der Waals surface area contributed by atoms with Crippen LogP contribution in [0.1, 0.15) is 24.2 Å². The Kier molecular flexibility index (Phi) is 5.34. The van der Waals surface area contributed by atoms with Crippen molar-refractivity contribution in [2.45, 2.75) is 18.7 Å². The van der Waals surface area contributed by atoms with Crippen molar-refractivity contribution in [2.75, 3.05) is 20.1 Å². The largest absolute Gasteiger partial charge is 0.339 e. The number of carbonyl (C=O) groups excluding carboxylic acids is 1. The maximum absolute atomic E-state index is 12.2. The van der Waals surface area contributed by atoms with Gasteiger partial charge in [0.2, 0.25) is 10.0 Å². The summed E-state index contributed by atoms with van der Waals surface area (Å²) in [5, 5.41) is 0.0884. The highest BCUT2D eigenvalue weighted by molar-refractivity contribution is 7.89. The first-order valence-corrected chi connectivity index (χ1v) is 7.75. The molecule has 1 N–H and O–H groups in total. The molecule has 0 atom stereocenters. The Bertz CT molecular complexity index is 568. The molecule has 1 aromatic rings. The van der Waals surface area contributed by atoms with Crippen molar-refractivity contribution in [2.24, 2.45) is 0 Å². The van der Waals surface area contributed by atoms with E-state index in [9.17, 15) is 13.2 Å². The van der Waals surface area contributed by atoms with Crippen LogP contribution in [0.4, 0.5) is 0 Å². The van der Waals surface area contributed by atoms with Crippen molar-refractivity contribution in [3.63, 3.8) is 0 Å². The van der Waals surface area contributed by atoms with Gasteiger partial charge in [-0.25, -0.2) is 13.1 Å². The zero-order valence-electron chi connectivity index (χ0n) is 11.1. The minimum atomic E-state index is -3.68.